The largest absolute Gasteiger partial charge is 0.304 e. The zero-order valence-corrected chi connectivity index (χ0v) is 11.3. The summed E-state index contributed by atoms with van der Waals surface area (Å²) in [5.74, 6) is 0. The summed E-state index contributed by atoms with van der Waals surface area (Å²) < 4.78 is 1.79. The van der Waals surface area contributed by atoms with Gasteiger partial charge in [-0.25, -0.2) is 4.98 Å². The van der Waals surface area contributed by atoms with E-state index in [1.54, 1.807) is 16.7 Å². The number of hydrogen-bond acceptors (Lipinski definition) is 1. The van der Waals surface area contributed by atoms with Crippen LogP contribution in [0.25, 0.3) is 16.9 Å². The van der Waals surface area contributed by atoms with Gasteiger partial charge in [0.1, 0.15) is 0 Å². The lowest BCUT2D eigenvalue weighted by Gasteiger charge is -1.97. The van der Waals surface area contributed by atoms with Crippen LogP contribution in [0.5, 0.6) is 0 Å². The molecule has 2 nitrogen and oxygen atoms in total. The molecule has 2 heterocycles. The highest BCUT2D eigenvalue weighted by molar-refractivity contribution is 6.36. The fourth-order valence-corrected chi connectivity index (χ4v) is 2.58. The molecule has 5 heteroatoms. The van der Waals surface area contributed by atoms with Crippen LogP contribution in [0.4, 0.5) is 0 Å². The van der Waals surface area contributed by atoms with Crippen molar-refractivity contribution in [1.82, 2.24) is 9.38 Å². The Labute approximate surface area is 119 Å². The van der Waals surface area contributed by atoms with Crippen molar-refractivity contribution in [3.63, 3.8) is 0 Å². The summed E-state index contributed by atoms with van der Waals surface area (Å²) in [6.45, 7) is 0. The summed E-state index contributed by atoms with van der Waals surface area (Å²) in [4.78, 5) is 4.47. The number of hydrogen-bond donors (Lipinski definition) is 0. The van der Waals surface area contributed by atoms with E-state index in [0.29, 0.717) is 20.7 Å². The highest BCUT2D eigenvalue weighted by Crippen LogP contribution is 2.29. The average Bonchev–Trinajstić information content (AvgIpc) is 2.73. The Bertz CT molecular complexity index is 734. The number of rotatable bonds is 1. The number of fused-ring (bicyclic) bond motifs is 1. The van der Waals surface area contributed by atoms with Gasteiger partial charge in [0.15, 0.2) is 5.65 Å². The number of benzene rings is 1. The number of nitrogens with zero attached hydrogens (tertiary/aromatic N) is 2. The van der Waals surface area contributed by atoms with E-state index in [9.17, 15) is 0 Å². The molecule has 1 aromatic carbocycles. The van der Waals surface area contributed by atoms with E-state index >= 15 is 0 Å². The molecule has 0 saturated carbocycles. The third kappa shape index (κ3) is 1.97. The maximum absolute atomic E-state index is 6.15. The van der Waals surface area contributed by atoms with E-state index in [1.807, 2.05) is 30.5 Å². The summed E-state index contributed by atoms with van der Waals surface area (Å²) in [6, 6.07) is 9.21. The van der Waals surface area contributed by atoms with Gasteiger partial charge in [-0.2, -0.15) is 0 Å². The van der Waals surface area contributed by atoms with E-state index in [2.05, 4.69) is 4.98 Å². The molecular weight excluding hydrogens is 291 g/mol. The van der Waals surface area contributed by atoms with Crippen LogP contribution in [0.15, 0.2) is 42.7 Å². The molecule has 0 amide bonds. The molecule has 0 bridgehead atoms. The molecular formula is C13H7Cl3N2. The van der Waals surface area contributed by atoms with Crippen molar-refractivity contribution in [1.29, 1.82) is 0 Å². The minimum atomic E-state index is 0.515. The molecule has 0 aliphatic heterocycles. The molecule has 0 spiro atoms. The van der Waals surface area contributed by atoms with E-state index in [0.717, 1.165) is 11.3 Å². The summed E-state index contributed by atoms with van der Waals surface area (Å²) in [7, 11) is 0. The first-order valence-electron chi connectivity index (χ1n) is 5.24. The van der Waals surface area contributed by atoms with E-state index in [4.69, 9.17) is 34.8 Å². The molecule has 90 valence electrons. The molecule has 0 aliphatic rings. The number of halogens is 3. The predicted molar refractivity (Wildman–Crippen MR) is 75.7 cm³/mol. The van der Waals surface area contributed by atoms with Crippen LogP contribution >= 0.6 is 34.8 Å². The van der Waals surface area contributed by atoms with E-state index in [-0.39, 0.29) is 0 Å². The van der Waals surface area contributed by atoms with Gasteiger partial charge in [-0.15, -0.1) is 0 Å². The van der Waals surface area contributed by atoms with Crippen molar-refractivity contribution in [2.45, 2.75) is 0 Å². The minimum Gasteiger partial charge on any atom is -0.304 e. The Hall–Kier alpha value is -1.22. The van der Waals surface area contributed by atoms with Crippen molar-refractivity contribution in [3.8, 4) is 11.3 Å². The van der Waals surface area contributed by atoms with Crippen LogP contribution in [0.3, 0.4) is 0 Å². The summed E-state index contributed by atoms with van der Waals surface area (Å²) in [5, 5.41) is 1.74. The second-order valence-electron chi connectivity index (χ2n) is 3.84. The molecule has 2 aromatic heterocycles. The zero-order valence-electron chi connectivity index (χ0n) is 9.07. The first-order valence-corrected chi connectivity index (χ1v) is 6.37. The van der Waals surface area contributed by atoms with Crippen molar-refractivity contribution >= 4 is 40.4 Å². The second-order valence-corrected chi connectivity index (χ2v) is 5.09. The fourth-order valence-electron chi connectivity index (χ4n) is 1.82. The smallest absolute Gasteiger partial charge is 0.156 e. The van der Waals surface area contributed by atoms with Crippen LogP contribution in [0, 0.1) is 0 Å². The third-order valence-electron chi connectivity index (χ3n) is 2.62. The first kappa shape index (κ1) is 11.8. The van der Waals surface area contributed by atoms with Crippen LogP contribution in [-0.4, -0.2) is 9.38 Å². The van der Waals surface area contributed by atoms with Gasteiger partial charge < -0.3 is 4.40 Å². The maximum atomic E-state index is 6.15. The highest BCUT2D eigenvalue weighted by Gasteiger charge is 2.10. The Kier molecular flexibility index (Phi) is 2.94. The van der Waals surface area contributed by atoms with Crippen LogP contribution in [0.2, 0.25) is 15.1 Å². The lowest BCUT2D eigenvalue weighted by Crippen LogP contribution is -1.82. The summed E-state index contributed by atoms with van der Waals surface area (Å²) in [5.41, 5.74) is 2.30. The van der Waals surface area contributed by atoms with Gasteiger partial charge in [-0.1, -0.05) is 53.0 Å². The normalized spacial score (nSPS) is 11.1. The monoisotopic (exact) mass is 296 g/mol. The minimum absolute atomic E-state index is 0.515. The van der Waals surface area contributed by atoms with Crippen molar-refractivity contribution < 1.29 is 0 Å². The molecule has 0 fully saturated rings. The first-order chi connectivity index (χ1) is 8.65. The summed E-state index contributed by atoms with van der Waals surface area (Å²) in [6.07, 6.45) is 3.62. The quantitative estimate of drug-likeness (QED) is 0.620. The van der Waals surface area contributed by atoms with E-state index in [1.165, 1.54) is 0 Å². The predicted octanol–water partition coefficient (Wildman–Crippen LogP) is 4.96. The molecule has 0 N–H and O–H groups in total. The number of imidazole rings is 1. The Balaban J connectivity index is 2.26. The standard InChI is InChI=1S/C13H7Cl3N2/c14-8-5-11(16)13-17-12(7-18(13)6-8)9-3-1-2-4-10(9)15/h1-7H. The van der Waals surface area contributed by atoms with Gasteiger partial charge in [-0.3, -0.25) is 0 Å². The third-order valence-corrected chi connectivity index (χ3v) is 3.44. The highest BCUT2D eigenvalue weighted by atomic mass is 35.5. The van der Waals surface area contributed by atoms with Gasteiger partial charge in [0, 0.05) is 18.0 Å². The second kappa shape index (κ2) is 4.47. The fraction of sp³-hybridized carbons (Fsp3) is 0. The topological polar surface area (TPSA) is 17.3 Å². The maximum Gasteiger partial charge on any atom is 0.156 e. The molecule has 0 unspecified atom stereocenters. The molecule has 0 aliphatic carbocycles. The lowest BCUT2D eigenvalue weighted by molar-refractivity contribution is 1.19. The molecule has 18 heavy (non-hydrogen) atoms. The number of pyridine rings is 1. The SMILES string of the molecule is Clc1cc(Cl)c2nc(-c3ccccc3Cl)cn2c1. The van der Waals surface area contributed by atoms with Crippen LogP contribution < -0.4 is 0 Å². The van der Waals surface area contributed by atoms with Gasteiger partial charge in [0.25, 0.3) is 0 Å². The van der Waals surface area contributed by atoms with Crippen molar-refractivity contribution in [3.05, 3.63) is 57.8 Å². The molecule has 3 aromatic rings. The average molecular weight is 298 g/mol. The van der Waals surface area contributed by atoms with Gasteiger partial charge >= 0.3 is 0 Å². The molecule has 0 saturated heterocycles. The lowest BCUT2D eigenvalue weighted by atomic mass is 10.2. The van der Waals surface area contributed by atoms with Gasteiger partial charge in [0.2, 0.25) is 0 Å². The van der Waals surface area contributed by atoms with E-state index < -0.39 is 0 Å². The number of aromatic nitrogens is 2. The van der Waals surface area contributed by atoms with Crippen molar-refractivity contribution in [2.24, 2.45) is 0 Å². The molecule has 3 rings (SSSR count). The van der Waals surface area contributed by atoms with Gasteiger partial charge in [0.05, 0.1) is 20.8 Å². The Morgan fingerprint density at radius 1 is 0.944 bits per heavy atom. The molecule has 0 radical (unpaired) electrons. The van der Waals surface area contributed by atoms with Gasteiger partial charge in [-0.05, 0) is 12.1 Å². The summed E-state index contributed by atoms with van der Waals surface area (Å²) >= 11 is 18.2. The Morgan fingerprint density at radius 2 is 1.72 bits per heavy atom. The Morgan fingerprint density at radius 3 is 2.50 bits per heavy atom. The molecule has 0 atom stereocenters. The van der Waals surface area contributed by atoms with Crippen LogP contribution in [0.1, 0.15) is 0 Å². The van der Waals surface area contributed by atoms with Crippen LogP contribution in [-0.2, 0) is 0 Å². The van der Waals surface area contributed by atoms with Crippen molar-refractivity contribution in [2.75, 3.05) is 0 Å². The zero-order chi connectivity index (χ0) is 12.7.